The second-order valence-corrected chi connectivity index (χ2v) is 2.58. The quantitative estimate of drug-likeness (QED) is 0.578. The first-order valence-electron chi connectivity index (χ1n) is 3.59. The van der Waals surface area contributed by atoms with Crippen molar-refractivity contribution in [3.8, 4) is 0 Å². The van der Waals surface area contributed by atoms with E-state index in [1.807, 2.05) is 0 Å². The summed E-state index contributed by atoms with van der Waals surface area (Å²) in [5.41, 5.74) is 4.10. The Bertz CT molecular complexity index is 568. The number of carboxylic acids is 1. The summed E-state index contributed by atoms with van der Waals surface area (Å²) in [6.45, 7) is 0. The van der Waals surface area contributed by atoms with Crippen LogP contribution in [-0.4, -0.2) is 21.0 Å². The maximum absolute atomic E-state index is 11.2. The predicted molar refractivity (Wildman–Crippen MR) is 46.0 cm³/mol. The SMILES string of the molecule is Nc1c(C(=O)O)c(=O)[nH]c2ncoc12. The summed E-state index contributed by atoms with van der Waals surface area (Å²) in [5, 5.41) is 8.68. The highest BCUT2D eigenvalue weighted by Gasteiger charge is 2.18. The summed E-state index contributed by atoms with van der Waals surface area (Å²) in [6, 6.07) is 0. The number of carbonyl (C=O) groups is 1. The summed E-state index contributed by atoms with van der Waals surface area (Å²) < 4.78 is 4.82. The van der Waals surface area contributed by atoms with Crippen LogP contribution in [0.1, 0.15) is 10.4 Å². The molecule has 0 saturated carbocycles. The molecule has 7 heteroatoms. The van der Waals surface area contributed by atoms with Gasteiger partial charge < -0.3 is 20.2 Å². The Morgan fingerprint density at radius 1 is 1.64 bits per heavy atom. The van der Waals surface area contributed by atoms with Crippen molar-refractivity contribution in [1.82, 2.24) is 9.97 Å². The molecule has 7 nitrogen and oxygen atoms in total. The number of hydrogen-bond donors (Lipinski definition) is 3. The Hall–Kier alpha value is -2.31. The average Bonchev–Trinajstić information content (AvgIpc) is 2.50. The summed E-state index contributed by atoms with van der Waals surface area (Å²) in [4.78, 5) is 27.7. The zero-order valence-corrected chi connectivity index (χ0v) is 6.77. The second-order valence-electron chi connectivity index (χ2n) is 2.58. The number of nitrogens with zero attached hydrogens (tertiary/aromatic N) is 1. The Balaban J connectivity index is 2.96. The van der Waals surface area contributed by atoms with Gasteiger partial charge in [0.1, 0.15) is 0 Å². The van der Waals surface area contributed by atoms with Crippen molar-refractivity contribution in [2.75, 3.05) is 5.73 Å². The number of nitrogens with one attached hydrogen (secondary N) is 1. The number of anilines is 1. The molecule has 0 atom stereocenters. The molecule has 0 aliphatic rings. The first-order valence-corrected chi connectivity index (χ1v) is 3.59. The molecule has 2 heterocycles. The Labute approximate surface area is 76.2 Å². The maximum atomic E-state index is 11.2. The van der Waals surface area contributed by atoms with E-state index in [4.69, 9.17) is 15.3 Å². The molecule has 0 saturated heterocycles. The van der Waals surface area contributed by atoms with Gasteiger partial charge in [0.15, 0.2) is 23.2 Å². The second kappa shape index (κ2) is 2.59. The number of aromatic carboxylic acids is 1. The van der Waals surface area contributed by atoms with E-state index < -0.39 is 17.1 Å². The van der Waals surface area contributed by atoms with E-state index in [2.05, 4.69) is 9.97 Å². The minimum Gasteiger partial charge on any atom is -0.477 e. The number of oxazole rings is 1. The lowest BCUT2D eigenvalue weighted by atomic mass is 10.2. The lowest BCUT2D eigenvalue weighted by molar-refractivity contribution is 0.0696. The van der Waals surface area contributed by atoms with Crippen molar-refractivity contribution < 1.29 is 14.3 Å². The van der Waals surface area contributed by atoms with Crippen LogP contribution in [0.2, 0.25) is 0 Å². The number of hydrogen-bond acceptors (Lipinski definition) is 5. The average molecular weight is 195 g/mol. The van der Waals surface area contributed by atoms with Crippen molar-refractivity contribution in [2.45, 2.75) is 0 Å². The number of aromatic nitrogens is 2. The zero-order chi connectivity index (χ0) is 10.3. The number of fused-ring (bicyclic) bond motifs is 1. The molecule has 2 aromatic rings. The predicted octanol–water partition coefficient (Wildman–Crippen LogP) is -0.204. The Kier molecular flexibility index (Phi) is 1.53. The van der Waals surface area contributed by atoms with E-state index in [0.717, 1.165) is 6.39 Å². The van der Waals surface area contributed by atoms with Gasteiger partial charge in [-0.1, -0.05) is 0 Å². The van der Waals surface area contributed by atoms with E-state index in [1.54, 1.807) is 0 Å². The number of H-pyrrole nitrogens is 1. The number of rotatable bonds is 1. The summed E-state index contributed by atoms with van der Waals surface area (Å²) in [5.74, 6) is -1.40. The van der Waals surface area contributed by atoms with Crippen molar-refractivity contribution in [3.05, 3.63) is 22.3 Å². The number of aromatic amines is 1. The van der Waals surface area contributed by atoms with Crippen LogP contribution in [0.15, 0.2) is 15.6 Å². The van der Waals surface area contributed by atoms with E-state index in [0.29, 0.717) is 0 Å². The van der Waals surface area contributed by atoms with Crippen LogP contribution < -0.4 is 11.3 Å². The molecule has 2 aromatic heterocycles. The largest absolute Gasteiger partial charge is 0.477 e. The molecule has 0 radical (unpaired) electrons. The third kappa shape index (κ3) is 0.954. The molecule has 14 heavy (non-hydrogen) atoms. The van der Waals surface area contributed by atoms with Gasteiger partial charge in [0.05, 0.1) is 5.69 Å². The van der Waals surface area contributed by atoms with E-state index in [9.17, 15) is 9.59 Å². The molecule has 0 aliphatic heterocycles. The molecule has 0 aliphatic carbocycles. The minimum absolute atomic E-state index is 0.0713. The first kappa shape index (κ1) is 8.30. The van der Waals surface area contributed by atoms with Crippen molar-refractivity contribution in [3.63, 3.8) is 0 Å². The minimum atomic E-state index is -1.40. The molecule has 2 rings (SSSR count). The fourth-order valence-electron chi connectivity index (χ4n) is 1.14. The lowest BCUT2D eigenvalue weighted by Gasteiger charge is -1.98. The first-order chi connectivity index (χ1) is 6.61. The van der Waals surface area contributed by atoms with Crippen LogP contribution in [-0.2, 0) is 0 Å². The van der Waals surface area contributed by atoms with Gasteiger partial charge >= 0.3 is 5.97 Å². The lowest BCUT2D eigenvalue weighted by Crippen LogP contribution is -2.20. The molecule has 0 bridgehead atoms. The fourth-order valence-corrected chi connectivity index (χ4v) is 1.14. The summed E-state index contributed by atoms with van der Waals surface area (Å²) >= 11 is 0. The third-order valence-electron chi connectivity index (χ3n) is 1.75. The van der Waals surface area contributed by atoms with Crippen LogP contribution >= 0.6 is 0 Å². The molecule has 0 unspecified atom stereocenters. The van der Waals surface area contributed by atoms with Crippen LogP contribution in [0.3, 0.4) is 0 Å². The Morgan fingerprint density at radius 2 is 2.36 bits per heavy atom. The third-order valence-corrected chi connectivity index (χ3v) is 1.75. The van der Waals surface area contributed by atoms with Crippen LogP contribution in [0, 0.1) is 0 Å². The van der Waals surface area contributed by atoms with Gasteiger partial charge in [0.25, 0.3) is 5.56 Å². The van der Waals surface area contributed by atoms with E-state index in [1.165, 1.54) is 0 Å². The monoisotopic (exact) mass is 195 g/mol. The molecular weight excluding hydrogens is 190 g/mol. The van der Waals surface area contributed by atoms with Crippen LogP contribution in [0.25, 0.3) is 11.2 Å². The highest BCUT2D eigenvalue weighted by atomic mass is 16.4. The number of nitrogen functional groups attached to an aromatic ring is 1. The van der Waals surface area contributed by atoms with E-state index >= 15 is 0 Å². The zero-order valence-electron chi connectivity index (χ0n) is 6.77. The van der Waals surface area contributed by atoms with Gasteiger partial charge in [-0.25, -0.2) is 4.79 Å². The molecule has 0 fully saturated rings. The summed E-state index contributed by atoms with van der Waals surface area (Å²) in [6.07, 6.45) is 1.07. The topological polar surface area (TPSA) is 122 Å². The van der Waals surface area contributed by atoms with Gasteiger partial charge in [0, 0.05) is 0 Å². The van der Waals surface area contributed by atoms with Gasteiger partial charge in [-0.05, 0) is 0 Å². The smallest absolute Gasteiger partial charge is 0.343 e. The van der Waals surface area contributed by atoms with Crippen LogP contribution in [0.4, 0.5) is 5.69 Å². The maximum Gasteiger partial charge on any atom is 0.343 e. The van der Waals surface area contributed by atoms with Gasteiger partial charge in [-0.3, -0.25) is 4.79 Å². The fraction of sp³-hybridized carbons (Fsp3) is 0. The number of pyridine rings is 1. The van der Waals surface area contributed by atoms with Crippen LogP contribution in [0.5, 0.6) is 0 Å². The number of carboxylic acid groups (broad SMARTS) is 1. The normalized spacial score (nSPS) is 10.6. The van der Waals surface area contributed by atoms with E-state index in [-0.39, 0.29) is 16.9 Å². The van der Waals surface area contributed by atoms with Gasteiger partial charge in [-0.15, -0.1) is 0 Å². The highest BCUT2D eigenvalue weighted by molar-refractivity contribution is 6.00. The molecule has 0 spiro atoms. The molecule has 0 aromatic carbocycles. The molecule has 4 N–H and O–H groups in total. The Morgan fingerprint density at radius 3 is 3.00 bits per heavy atom. The van der Waals surface area contributed by atoms with Crippen molar-refractivity contribution >= 4 is 22.9 Å². The molecule has 72 valence electrons. The highest BCUT2D eigenvalue weighted by Crippen LogP contribution is 2.18. The van der Waals surface area contributed by atoms with Crippen molar-refractivity contribution in [2.24, 2.45) is 0 Å². The number of nitrogens with two attached hydrogens (primary N) is 1. The summed E-state index contributed by atoms with van der Waals surface area (Å²) in [7, 11) is 0. The van der Waals surface area contributed by atoms with Gasteiger partial charge in [-0.2, -0.15) is 4.98 Å². The van der Waals surface area contributed by atoms with Crippen molar-refractivity contribution in [1.29, 1.82) is 0 Å². The standard InChI is InChI=1S/C7H5N3O4/c8-3-2(7(12)13)6(11)10-5-4(3)14-1-9-5/h1H,(H,12,13)(H3,8,10,11). The van der Waals surface area contributed by atoms with Gasteiger partial charge in [0.2, 0.25) is 0 Å². The molecule has 0 amide bonds. The molecular formula is C7H5N3O4.